The van der Waals surface area contributed by atoms with E-state index in [0.717, 1.165) is 25.9 Å². The molecule has 2 aliphatic rings. The van der Waals surface area contributed by atoms with Crippen LogP contribution in [0.25, 0.3) is 0 Å². The highest BCUT2D eigenvalue weighted by Gasteiger charge is 2.64. The maximum atomic E-state index is 10.8. The molecule has 4 atom stereocenters. The number of rotatable bonds is 8. The molecule has 128 valence electrons. The van der Waals surface area contributed by atoms with Crippen molar-refractivity contribution in [2.45, 2.75) is 70.4 Å². The van der Waals surface area contributed by atoms with Gasteiger partial charge in [-0.25, -0.2) is 0 Å². The summed E-state index contributed by atoms with van der Waals surface area (Å²) in [5.74, 6) is 0.661. The fraction of sp³-hybridized carbons (Fsp3) is 0.941. The molecule has 0 bridgehead atoms. The van der Waals surface area contributed by atoms with Crippen molar-refractivity contribution in [2.75, 3.05) is 20.3 Å². The molecular formula is C17H30O5. The van der Waals surface area contributed by atoms with Crippen molar-refractivity contribution in [1.29, 1.82) is 0 Å². The number of hydrogen-bond acceptors (Lipinski definition) is 5. The van der Waals surface area contributed by atoms with Gasteiger partial charge in [-0.1, -0.05) is 13.8 Å². The molecule has 1 saturated carbocycles. The van der Waals surface area contributed by atoms with Gasteiger partial charge >= 0.3 is 0 Å². The van der Waals surface area contributed by atoms with Crippen molar-refractivity contribution < 1.29 is 23.7 Å². The van der Waals surface area contributed by atoms with Gasteiger partial charge in [-0.3, -0.25) is 4.79 Å². The number of hydrogen-bond donors (Lipinski definition) is 0. The van der Waals surface area contributed by atoms with Gasteiger partial charge in [0.2, 0.25) is 0 Å². The number of carbonyl (C=O) groups excluding carboxylic acids is 1. The number of epoxide rings is 1. The second-order valence-electron chi connectivity index (χ2n) is 7.48. The molecular weight excluding hydrogens is 284 g/mol. The van der Waals surface area contributed by atoms with E-state index in [1.807, 2.05) is 0 Å². The molecule has 0 radical (unpaired) electrons. The Hall–Kier alpha value is -0.650. The summed E-state index contributed by atoms with van der Waals surface area (Å²) >= 11 is 0. The first-order valence-corrected chi connectivity index (χ1v) is 8.26. The van der Waals surface area contributed by atoms with Crippen LogP contribution in [0.3, 0.4) is 0 Å². The van der Waals surface area contributed by atoms with Gasteiger partial charge in [0.1, 0.15) is 12.2 Å². The molecule has 2 fully saturated rings. The molecule has 1 aliphatic carbocycles. The lowest BCUT2D eigenvalue weighted by molar-refractivity contribution is -0.187. The highest BCUT2D eigenvalue weighted by Crippen LogP contribution is 2.52. The van der Waals surface area contributed by atoms with Gasteiger partial charge in [-0.05, 0) is 39.0 Å². The highest BCUT2D eigenvalue weighted by atomic mass is 16.6. The quantitative estimate of drug-likeness (QED) is 0.509. The summed E-state index contributed by atoms with van der Waals surface area (Å²) in [6.45, 7) is 10.5. The van der Waals surface area contributed by atoms with Gasteiger partial charge in [-0.2, -0.15) is 0 Å². The molecule has 3 unspecified atom stereocenters. The largest absolute Gasteiger partial charge is 0.462 e. The highest BCUT2D eigenvalue weighted by molar-refractivity contribution is 5.38. The van der Waals surface area contributed by atoms with Crippen LogP contribution in [-0.4, -0.2) is 50.2 Å². The molecule has 1 aliphatic heterocycles. The van der Waals surface area contributed by atoms with E-state index in [2.05, 4.69) is 27.7 Å². The zero-order chi connectivity index (χ0) is 16.4. The van der Waals surface area contributed by atoms with E-state index in [1.54, 1.807) is 7.11 Å². The molecule has 0 aromatic carbocycles. The Kier molecular flexibility index (Phi) is 5.51. The zero-order valence-corrected chi connectivity index (χ0v) is 14.5. The summed E-state index contributed by atoms with van der Waals surface area (Å²) < 4.78 is 23.0. The lowest BCUT2D eigenvalue weighted by atomic mass is 9.68. The predicted molar refractivity (Wildman–Crippen MR) is 82.6 cm³/mol. The molecule has 5 nitrogen and oxygen atoms in total. The molecule has 1 spiro atoms. The van der Waals surface area contributed by atoms with Crippen LogP contribution in [0.4, 0.5) is 0 Å². The van der Waals surface area contributed by atoms with Crippen molar-refractivity contribution in [3.8, 4) is 0 Å². The smallest absolute Gasteiger partial charge is 0.293 e. The zero-order valence-electron chi connectivity index (χ0n) is 14.5. The van der Waals surface area contributed by atoms with Gasteiger partial charge in [0.05, 0.1) is 17.8 Å². The van der Waals surface area contributed by atoms with Crippen LogP contribution in [-0.2, 0) is 23.7 Å². The van der Waals surface area contributed by atoms with Crippen molar-refractivity contribution in [2.24, 2.45) is 11.8 Å². The van der Waals surface area contributed by atoms with Crippen LogP contribution in [0.15, 0.2) is 0 Å². The topological polar surface area (TPSA) is 57.3 Å². The molecule has 0 aromatic heterocycles. The molecule has 22 heavy (non-hydrogen) atoms. The van der Waals surface area contributed by atoms with Gasteiger partial charge < -0.3 is 18.9 Å². The van der Waals surface area contributed by atoms with Gasteiger partial charge in [0.25, 0.3) is 6.47 Å². The Labute approximate surface area is 133 Å². The third-order valence-electron chi connectivity index (χ3n) is 5.05. The van der Waals surface area contributed by atoms with Crippen LogP contribution < -0.4 is 0 Å². The molecule has 0 amide bonds. The van der Waals surface area contributed by atoms with E-state index in [1.165, 1.54) is 0 Å². The van der Waals surface area contributed by atoms with Gasteiger partial charge in [-0.15, -0.1) is 0 Å². The summed E-state index contributed by atoms with van der Waals surface area (Å²) in [5.41, 5.74) is -0.568. The van der Waals surface area contributed by atoms with Crippen LogP contribution in [0.5, 0.6) is 0 Å². The number of ether oxygens (including phenoxy) is 4. The second kappa shape index (κ2) is 6.85. The standard InChI is InChI=1S/C17H30O5/c1-12(2)7-9-21-16(3,4)15-14(19-5)13(20-11-18)6-8-17(15)10-22-17/h11-15H,6-10H2,1-5H3/t13?,14?,15?,17-/m0/s1. The van der Waals surface area contributed by atoms with Gasteiger partial charge in [0, 0.05) is 19.6 Å². The maximum absolute atomic E-state index is 10.8. The molecule has 0 N–H and O–H groups in total. The van der Waals surface area contributed by atoms with Crippen molar-refractivity contribution in [3.63, 3.8) is 0 Å². The Bertz CT molecular complexity index is 375. The normalized spacial score (nSPS) is 34.9. The Balaban J connectivity index is 2.13. The third-order valence-corrected chi connectivity index (χ3v) is 5.05. The molecule has 1 heterocycles. The summed E-state index contributed by atoms with van der Waals surface area (Å²) in [7, 11) is 1.67. The average Bonchev–Trinajstić information content (AvgIpc) is 3.20. The molecule has 1 saturated heterocycles. The first-order chi connectivity index (χ1) is 10.4. The van der Waals surface area contributed by atoms with Crippen LogP contribution >= 0.6 is 0 Å². The SMILES string of the molecule is COC1C(OC=O)CC[C@]2(CO2)C1C(C)(C)OCCC(C)C. The van der Waals surface area contributed by atoms with E-state index in [4.69, 9.17) is 18.9 Å². The van der Waals surface area contributed by atoms with E-state index >= 15 is 0 Å². The Morgan fingerprint density at radius 3 is 2.59 bits per heavy atom. The first kappa shape index (κ1) is 17.7. The minimum absolute atomic E-state index is 0.0517. The monoisotopic (exact) mass is 314 g/mol. The maximum Gasteiger partial charge on any atom is 0.293 e. The van der Waals surface area contributed by atoms with E-state index in [9.17, 15) is 4.79 Å². The van der Waals surface area contributed by atoms with E-state index in [0.29, 0.717) is 19.0 Å². The summed E-state index contributed by atoms with van der Waals surface area (Å²) in [4.78, 5) is 10.8. The lowest BCUT2D eigenvalue weighted by Gasteiger charge is -2.47. The van der Waals surface area contributed by atoms with Crippen LogP contribution in [0, 0.1) is 11.8 Å². The van der Waals surface area contributed by atoms with E-state index < -0.39 is 5.60 Å². The summed E-state index contributed by atoms with van der Waals surface area (Å²) in [6.07, 6.45) is 2.25. The molecule has 5 heteroatoms. The minimum Gasteiger partial charge on any atom is -0.462 e. The fourth-order valence-electron chi connectivity index (χ4n) is 3.82. The lowest BCUT2D eigenvalue weighted by Crippen LogP contribution is -2.58. The minimum atomic E-state index is -0.392. The fourth-order valence-corrected chi connectivity index (χ4v) is 3.82. The molecule has 0 aromatic rings. The summed E-state index contributed by atoms with van der Waals surface area (Å²) in [5, 5.41) is 0. The van der Waals surface area contributed by atoms with Crippen LogP contribution in [0.1, 0.15) is 47.0 Å². The van der Waals surface area contributed by atoms with Crippen molar-refractivity contribution in [3.05, 3.63) is 0 Å². The third kappa shape index (κ3) is 3.63. The average molecular weight is 314 g/mol. The number of carbonyl (C=O) groups is 1. The predicted octanol–water partition coefficient (Wildman–Crippen LogP) is 2.56. The second-order valence-corrected chi connectivity index (χ2v) is 7.48. The molecule has 2 rings (SSSR count). The van der Waals surface area contributed by atoms with Gasteiger partial charge in [0.15, 0.2) is 0 Å². The van der Waals surface area contributed by atoms with Crippen molar-refractivity contribution >= 4 is 6.47 Å². The van der Waals surface area contributed by atoms with Crippen molar-refractivity contribution in [1.82, 2.24) is 0 Å². The number of methoxy groups -OCH3 is 1. The van der Waals surface area contributed by atoms with E-state index in [-0.39, 0.29) is 23.7 Å². The first-order valence-electron chi connectivity index (χ1n) is 8.26. The summed E-state index contributed by atoms with van der Waals surface area (Å²) in [6, 6.07) is 0. The Morgan fingerprint density at radius 1 is 1.41 bits per heavy atom. The van der Waals surface area contributed by atoms with Crippen LogP contribution in [0.2, 0.25) is 0 Å². The Morgan fingerprint density at radius 2 is 2.09 bits per heavy atom.